The lowest BCUT2D eigenvalue weighted by Gasteiger charge is -2.16. The minimum absolute atomic E-state index is 0.226. The lowest BCUT2D eigenvalue weighted by atomic mass is 9.97. The monoisotopic (exact) mass is 318 g/mol. The molecule has 0 spiro atoms. The van der Waals surface area contributed by atoms with Crippen molar-refractivity contribution in [3.8, 4) is 11.5 Å². The Balaban J connectivity index is 1.99. The zero-order valence-electron chi connectivity index (χ0n) is 12.8. The minimum atomic E-state index is -0.591. The number of ether oxygens (including phenoxy) is 2. The molecule has 0 radical (unpaired) electrons. The Labute approximate surface area is 133 Å². The van der Waals surface area contributed by atoms with Crippen molar-refractivity contribution in [3.63, 3.8) is 0 Å². The van der Waals surface area contributed by atoms with Gasteiger partial charge < -0.3 is 9.47 Å². The maximum atomic E-state index is 11.9. The first kappa shape index (κ1) is 16.2. The van der Waals surface area contributed by atoms with Crippen molar-refractivity contribution >= 4 is 23.3 Å². The van der Waals surface area contributed by atoms with Crippen LogP contribution in [0, 0.1) is 5.41 Å². The van der Waals surface area contributed by atoms with E-state index in [0.717, 1.165) is 4.88 Å². The second kappa shape index (κ2) is 6.75. The van der Waals surface area contributed by atoms with Crippen LogP contribution in [0.1, 0.15) is 25.6 Å². The number of benzene rings is 1. The van der Waals surface area contributed by atoms with Gasteiger partial charge in [0.1, 0.15) is 11.5 Å². The first-order chi connectivity index (χ1) is 10.3. The Morgan fingerprint density at radius 1 is 1.05 bits per heavy atom. The number of hydrogen-bond donors (Lipinski definition) is 0. The predicted octanol–water partition coefficient (Wildman–Crippen LogP) is 3.85. The Kier molecular flexibility index (Phi) is 4.98. The Hall–Kier alpha value is -2.14. The molecule has 0 amide bonds. The van der Waals surface area contributed by atoms with Crippen molar-refractivity contribution in [3.05, 3.63) is 46.7 Å². The normalized spacial score (nSPS) is 11.0. The summed E-state index contributed by atoms with van der Waals surface area (Å²) in [7, 11) is 0. The zero-order valence-corrected chi connectivity index (χ0v) is 13.6. The number of carbonyl (C=O) groups is 2. The number of carbonyl (C=O) groups excluding carboxylic acids is 2. The molecule has 0 aliphatic heterocycles. The van der Waals surface area contributed by atoms with Gasteiger partial charge in [0.25, 0.3) is 0 Å². The van der Waals surface area contributed by atoms with Gasteiger partial charge in [0.2, 0.25) is 0 Å². The summed E-state index contributed by atoms with van der Waals surface area (Å²) in [6.45, 7) is 5.33. The van der Waals surface area contributed by atoms with Crippen LogP contribution in [0.5, 0.6) is 11.5 Å². The molecule has 4 nitrogen and oxygen atoms in total. The van der Waals surface area contributed by atoms with E-state index in [1.807, 2.05) is 17.5 Å². The molecule has 0 aliphatic rings. The van der Waals surface area contributed by atoms with E-state index >= 15 is 0 Å². The van der Waals surface area contributed by atoms with Gasteiger partial charge >= 0.3 is 11.9 Å². The number of rotatable bonds is 4. The third-order valence-corrected chi connectivity index (χ3v) is 3.64. The van der Waals surface area contributed by atoms with E-state index in [0.29, 0.717) is 11.5 Å². The van der Waals surface area contributed by atoms with Crippen LogP contribution in [-0.4, -0.2) is 11.9 Å². The molecule has 5 heteroatoms. The van der Waals surface area contributed by atoms with Gasteiger partial charge in [-0.05, 0) is 44.4 Å². The second-order valence-corrected chi connectivity index (χ2v) is 6.88. The second-order valence-electron chi connectivity index (χ2n) is 5.84. The number of thiophene rings is 1. The van der Waals surface area contributed by atoms with Gasteiger partial charge in [-0.25, -0.2) is 0 Å². The van der Waals surface area contributed by atoms with Crippen molar-refractivity contribution < 1.29 is 19.1 Å². The molecule has 0 saturated heterocycles. The molecule has 0 N–H and O–H groups in total. The Morgan fingerprint density at radius 3 is 2.32 bits per heavy atom. The Morgan fingerprint density at radius 2 is 1.73 bits per heavy atom. The average Bonchev–Trinajstić information content (AvgIpc) is 2.90. The van der Waals surface area contributed by atoms with Crippen molar-refractivity contribution in [1.82, 2.24) is 0 Å². The van der Waals surface area contributed by atoms with Crippen LogP contribution >= 0.6 is 11.3 Å². The van der Waals surface area contributed by atoms with Crippen LogP contribution in [0.4, 0.5) is 0 Å². The van der Waals surface area contributed by atoms with Gasteiger partial charge in [0, 0.05) is 10.9 Å². The number of hydrogen-bond acceptors (Lipinski definition) is 5. The van der Waals surface area contributed by atoms with Gasteiger partial charge in [-0.1, -0.05) is 12.1 Å². The van der Waals surface area contributed by atoms with E-state index in [2.05, 4.69) is 0 Å². The summed E-state index contributed by atoms with van der Waals surface area (Å²) in [5.41, 5.74) is -0.591. The molecular formula is C17H18O4S. The van der Waals surface area contributed by atoms with Crippen LogP contribution in [0.15, 0.2) is 41.8 Å². The fourth-order valence-electron chi connectivity index (χ4n) is 1.58. The molecule has 116 valence electrons. The highest BCUT2D eigenvalue weighted by atomic mass is 32.1. The average molecular weight is 318 g/mol. The molecule has 2 aromatic rings. The molecule has 2 rings (SSSR count). The van der Waals surface area contributed by atoms with Gasteiger partial charge in [-0.3, -0.25) is 9.59 Å². The lowest BCUT2D eigenvalue weighted by molar-refractivity contribution is -0.143. The SMILES string of the molecule is CC(C)(C)C(=O)Oc1cccc(OC(=O)Cc2cccs2)c1. The molecule has 0 fully saturated rings. The van der Waals surface area contributed by atoms with E-state index in [-0.39, 0.29) is 18.4 Å². The maximum absolute atomic E-state index is 11.9. The molecule has 1 heterocycles. The van der Waals surface area contributed by atoms with E-state index in [1.165, 1.54) is 17.4 Å². The molecule has 1 aromatic heterocycles. The summed E-state index contributed by atoms with van der Waals surface area (Å²) in [4.78, 5) is 24.6. The van der Waals surface area contributed by atoms with Crippen molar-refractivity contribution in [2.24, 2.45) is 5.41 Å². The van der Waals surface area contributed by atoms with E-state index < -0.39 is 5.41 Å². The fraction of sp³-hybridized carbons (Fsp3) is 0.294. The van der Waals surface area contributed by atoms with Gasteiger partial charge in [0.05, 0.1) is 11.8 Å². The van der Waals surface area contributed by atoms with Gasteiger partial charge in [-0.15, -0.1) is 11.3 Å². The lowest BCUT2D eigenvalue weighted by Crippen LogP contribution is -2.25. The molecule has 0 bridgehead atoms. The highest BCUT2D eigenvalue weighted by Crippen LogP contribution is 2.23. The van der Waals surface area contributed by atoms with E-state index in [1.54, 1.807) is 39.0 Å². The highest BCUT2D eigenvalue weighted by molar-refractivity contribution is 7.10. The third-order valence-electron chi connectivity index (χ3n) is 2.76. The smallest absolute Gasteiger partial charge is 0.316 e. The summed E-state index contributed by atoms with van der Waals surface area (Å²) >= 11 is 1.51. The van der Waals surface area contributed by atoms with Crippen LogP contribution in [-0.2, 0) is 16.0 Å². The molecule has 22 heavy (non-hydrogen) atoms. The Bertz CT molecular complexity index is 654. The summed E-state index contributed by atoms with van der Waals surface area (Å²) in [5.74, 6) is 0.0402. The van der Waals surface area contributed by atoms with Gasteiger partial charge in [-0.2, -0.15) is 0 Å². The van der Waals surface area contributed by atoms with Crippen LogP contribution in [0.2, 0.25) is 0 Å². The molecule has 0 saturated carbocycles. The predicted molar refractivity (Wildman–Crippen MR) is 85.2 cm³/mol. The topological polar surface area (TPSA) is 52.6 Å². The highest BCUT2D eigenvalue weighted by Gasteiger charge is 2.23. The van der Waals surface area contributed by atoms with E-state index in [4.69, 9.17) is 9.47 Å². The van der Waals surface area contributed by atoms with Crippen molar-refractivity contribution in [1.29, 1.82) is 0 Å². The van der Waals surface area contributed by atoms with Crippen molar-refractivity contribution in [2.45, 2.75) is 27.2 Å². The van der Waals surface area contributed by atoms with Crippen LogP contribution < -0.4 is 9.47 Å². The standard InChI is InChI=1S/C17H18O4S/c1-17(2,3)16(19)21-13-7-4-6-12(10-13)20-15(18)11-14-8-5-9-22-14/h4-10H,11H2,1-3H3. The van der Waals surface area contributed by atoms with E-state index in [9.17, 15) is 9.59 Å². The quantitative estimate of drug-likeness (QED) is 0.635. The van der Waals surface area contributed by atoms with Crippen molar-refractivity contribution in [2.75, 3.05) is 0 Å². The molecular weight excluding hydrogens is 300 g/mol. The first-order valence-electron chi connectivity index (χ1n) is 6.90. The molecule has 1 aromatic carbocycles. The third kappa shape index (κ3) is 4.70. The minimum Gasteiger partial charge on any atom is -0.426 e. The summed E-state index contributed by atoms with van der Waals surface area (Å²) in [5, 5.41) is 1.91. The van der Waals surface area contributed by atoms with Crippen LogP contribution in [0.25, 0.3) is 0 Å². The number of esters is 2. The largest absolute Gasteiger partial charge is 0.426 e. The van der Waals surface area contributed by atoms with Gasteiger partial charge in [0.15, 0.2) is 0 Å². The fourth-order valence-corrected chi connectivity index (χ4v) is 2.27. The van der Waals surface area contributed by atoms with Crippen LogP contribution in [0.3, 0.4) is 0 Å². The first-order valence-corrected chi connectivity index (χ1v) is 7.78. The molecule has 0 aliphatic carbocycles. The molecule has 0 unspecified atom stereocenters. The summed E-state index contributed by atoms with van der Waals surface area (Å²) in [6, 6.07) is 10.3. The molecule has 0 atom stereocenters. The summed E-state index contributed by atoms with van der Waals surface area (Å²) in [6.07, 6.45) is 0.226. The maximum Gasteiger partial charge on any atom is 0.316 e. The zero-order chi connectivity index (χ0) is 16.2. The summed E-state index contributed by atoms with van der Waals surface area (Å²) < 4.78 is 10.6.